The van der Waals surface area contributed by atoms with Gasteiger partial charge in [0.05, 0.1) is 0 Å². The van der Waals surface area contributed by atoms with Crippen LogP contribution in [0.1, 0.15) is 36.9 Å². The summed E-state index contributed by atoms with van der Waals surface area (Å²) in [6, 6.07) is 13.3. The number of aryl methyl sites for hydroxylation is 1. The predicted molar refractivity (Wildman–Crippen MR) is 78.5 cm³/mol. The summed E-state index contributed by atoms with van der Waals surface area (Å²) >= 11 is 0. The van der Waals surface area contributed by atoms with Gasteiger partial charge in [-0.05, 0) is 49.1 Å². The monoisotopic (exact) mass is 242 g/mol. The molecule has 0 bridgehead atoms. The van der Waals surface area contributed by atoms with Gasteiger partial charge in [0.15, 0.2) is 0 Å². The SMILES string of the molecule is Cc1ccc2cc(C(N)CCC(C)N)ccc2c1. The lowest BCUT2D eigenvalue weighted by Gasteiger charge is -2.14. The Balaban J connectivity index is 2.21. The first-order valence-electron chi connectivity index (χ1n) is 6.58. The van der Waals surface area contributed by atoms with Crippen LogP contribution in [-0.4, -0.2) is 6.04 Å². The summed E-state index contributed by atoms with van der Waals surface area (Å²) in [4.78, 5) is 0. The van der Waals surface area contributed by atoms with Crippen molar-refractivity contribution in [2.75, 3.05) is 0 Å². The maximum Gasteiger partial charge on any atom is 0.0295 e. The molecule has 4 N–H and O–H groups in total. The van der Waals surface area contributed by atoms with Crippen LogP contribution >= 0.6 is 0 Å². The topological polar surface area (TPSA) is 52.0 Å². The highest BCUT2D eigenvalue weighted by atomic mass is 14.6. The van der Waals surface area contributed by atoms with Crippen molar-refractivity contribution in [2.45, 2.75) is 38.8 Å². The molecular formula is C16H22N2. The normalized spacial score (nSPS) is 14.7. The van der Waals surface area contributed by atoms with Crippen LogP contribution in [0.3, 0.4) is 0 Å². The summed E-state index contributed by atoms with van der Waals surface area (Å²) < 4.78 is 0. The van der Waals surface area contributed by atoms with Crippen LogP contribution in [0.2, 0.25) is 0 Å². The molecular weight excluding hydrogens is 220 g/mol. The van der Waals surface area contributed by atoms with Crippen molar-refractivity contribution in [1.29, 1.82) is 0 Å². The quantitative estimate of drug-likeness (QED) is 0.864. The molecule has 2 unspecified atom stereocenters. The Morgan fingerprint density at radius 2 is 1.61 bits per heavy atom. The first kappa shape index (κ1) is 13.1. The van der Waals surface area contributed by atoms with Crippen LogP contribution in [0.5, 0.6) is 0 Å². The molecule has 2 aromatic carbocycles. The first-order valence-corrected chi connectivity index (χ1v) is 6.58. The molecule has 0 fully saturated rings. The van der Waals surface area contributed by atoms with Gasteiger partial charge in [-0.15, -0.1) is 0 Å². The number of benzene rings is 2. The Labute approximate surface area is 109 Å². The van der Waals surface area contributed by atoms with E-state index >= 15 is 0 Å². The number of fused-ring (bicyclic) bond motifs is 1. The Kier molecular flexibility index (Phi) is 4.00. The molecule has 2 rings (SSSR count). The van der Waals surface area contributed by atoms with Gasteiger partial charge in [0, 0.05) is 12.1 Å². The first-order chi connectivity index (χ1) is 8.56. The van der Waals surface area contributed by atoms with E-state index in [0.717, 1.165) is 12.8 Å². The molecule has 2 aromatic rings. The van der Waals surface area contributed by atoms with Crippen molar-refractivity contribution < 1.29 is 0 Å². The fourth-order valence-electron chi connectivity index (χ4n) is 2.22. The van der Waals surface area contributed by atoms with E-state index in [1.165, 1.54) is 21.9 Å². The molecule has 0 saturated carbocycles. The number of nitrogens with two attached hydrogens (primary N) is 2. The van der Waals surface area contributed by atoms with E-state index < -0.39 is 0 Å². The van der Waals surface area contributed by atoms with Crippen molar-refractivity contribution >= 4 is 10.8 Å². The van der Waals surface area contributed by atoms with E-state index in [2.05, 4.69) is 43.3 Å². The molecule has 0 spiro atoms. The van der Waals surface area contributed by atoms with E-state index in [-0.39, 0.29) is 12.1 Å². The number of hydrogen-bond donors (Lipinski definition) is 2. The van der Waals surface area contributed by atoms with Gasteiger partial charge < -0.3 is 11.5 Å². The van der Waals surface area contributed by atoms with Gasteiger partial charge in [-0.2, -0.15) is 0 Å². The van der Waals surface area contributed by atoms with Crippen LogP contribution in [-0.2, 0) is 0 Å². The van der Waals surface area contributed by atoms with Gasteiger partial charge in [-0.1, -0.05) is 35.9 Å². The van der Waals surface area contributed by atoms with Crippen molar-refractivity contribution in [3.05, 3.63) is 47.5 Å². The minimum Gasteiger partial charge on any atom is -0.328 e. The summed E-state index contributed by atoms with van der Waals surface area (Å²) in [6.45, 7) is 4.14. The van der Waals surface area contributed by atoms with Crippen LogP contribution in [0.15, 0.2) is 36.4 Å². The summed E-state index contributed by atoms with van der Waals surface area (Å²) in [5.74, 6) is 0. The maximum atomic E-state index is 6.21. The Morgan fingerprint density at radius 3 is 2.33 bits per heavy atom. The molecule has 0 aliphatic rings. The average Bonchev–Trinajstić information content (AvgIpc) is 2.35. The van der Waals surface area contributed by atoms with Crippen LogP contribution in [0.25, 0.3) is 10.8 Å². The predicted octanol–water partition coefficient (Wildman–Crippen LogP) is 3.28. The Hall–Kier alpha value is -1.38. The highest BCUT2D eigenvalue weighted by Gasteiger charge is 2.07. The summed E-state index contributed by atoms with van der Waals surface area (Å²) in [6.07, 6.45) is 1.90. The highest BCUT2D eigenvalue weighted by molar-refractivity contribution is 5.83. The van der Waals surface area contributed by atoms with Gasteiger partial charge in [0.2, 0.25) is 0 Å². The lowest BCUT2D eigenvalue weighted by molar-refractivity contribution is 0.555. The van der Waals surface area contributed by atoms with Gasteiger partial charge in [-0.3, -0.25) is 0 Å². The van der Waals surface area contributed by atoms with Crippen LogP contribution in [0.4, 0.5) is 0 Å². The van der Waals surface area contributed by atoms with Gasteiger partial charge in [-0.25, -0.2) is 0 Å². The second-order valence-corrected chi connectivity index (χ2v) is 5.27. The molecule has 2 atom stereocenters. The van der Waals surface area contributed by atoms with Crippen LogP contribution in [0, 0.1) is 6.92 Å². The summed E-state index contributed by atoms with van der Waals surface area (Å²) in [5.41, 5.74) is 14.5. The van der Waals surface area contributed by atoms with E-state index in [1.807, 2.05) is 6.92 Å². The maximum absolute atomic E-state index is 6.21. The zero-order chi connectivity index (χ0) is 13.1. The van der Waals surface area contributed by atoms with Crippen LogP contribution < -0.4 is 11.5 Å². The molecule has 0 amide bonds. The minimum absolute atomic E-state index is 0.0849. The smallest absolute Gasteiger partial charge is 0.0295 e. The third-order valence-corrected chi connectivity index (χ3v) is 3.38. The molecule has 96 valence electrons. The average molecular weight is 242 g/mol. The molecule has 18 heavy (non-hydrogen) atoms. The van der Waals surface area contributed by atoms with E-state index in [9.17, 15) is 0 Å². The van der Waals surface area contributed by atoms with Crippen molar-refractivity contribution in [3.8, 4) is 0 Å². The minimum atomic E-state index is 0.0849. The molecule has 2 heteroatoms. The summed E-state index contributed by atoms with van der Waals surface area (Å²) in [5, 5.41) is 2.53. The molecule has 2 nitrogen and oxygen atoms in total. The second kappa shape index (κ2) is 5.51. The number of hydrogen-bond acceptors (Lipinski definition) is 2. The fourth-order valence-corrected chi connectivity index (χ4v) is 2.22. The summed E-state index contributed by atoms with van der Waals surface area (Å²) in [7, 11) is 0. The second-order valence-electron chi connectivity index (χ2n) is 5.27. The van der Waals surface area contributed by atoms with E-state index in [4.69, 9.17) is 11.5 Å². The Morgan fingerprint density at radius 1 is 0.944 bits per heavy atom. The number of rotatable bonds is 4. The van der Waals surface area contributed by atoms with E-state index in [0.29, 0.717) is 0 Å². The van der Waals surface area contributed by atoms with E-state index in [1.54, 1.807) is 0 Å². The molecule has 0 radical (unpaired) electrons. The Bertz CT molecular complexity index is 532. The fraction of sp³-hybridized carbons (Fsp3) is 0.375. The molecule has 0 aliphatic heterocycles. The van der Waals surface area contributed by atoms with Gasteiger partial charge in [0.1, 0.15) is 0 Å². The highest BCUT2D eigenvalue weighted by Crippen LogP contribution is 2.23. The van der Waals surface area contributed by atoms with Crippen molar-refractivity contribution in [2.24, 2.45) is 11.5 Å². The van der Waals surface area contributed by atoms with Crippen molar-refractivity contribution in [3.63, 3.8) is 0 Å². The lowest BCUT2D eigenvalue weighted by Crippen LogP contribution is -2.18. The third kappa shape index (κ3) is 3.09. The largest absolute Gasteiger partial charge is 0.328 e. The molecule has 0 aromatic heterocycles. The van der Waals surface area contributed by atoms with Crippen molar-refractivity contribution in [1.82, 2.24) is 0 Å². The molecule has 0 saturated heterocycles. The van der Waals surface area contributed by atoms with Gasteiger partial charge in [0.25, 0.3) is 0 Å². The zero-order valence-corrected chi connectivity index (χ0v) is 11.2. The molecule has 0 aliphatic carbocycles. The standard InChI is InChI=1S/C16H22N2/c1-11-3-5-14-10-15(7-6-13(14)9-11)16(18)8-4-12(2)17/h3,5-7,9-10,12,16H,4,8,17-18H2,1-2H3. The molecule has 0 heterocycles. The zero-order valence-electron chi connectivity index (χ0n) is 11.2. The van der Waals surface area contributed by atoms with Gasteiger partial charge >= 0.3 is 0 Å². The lowest BCUT2D eigenvalue weighted by atomic mass is 9.97. The third-order valence-electron chi connectivity index (χ3n) is 3.38.